The number of likely N-dealkylation sites (tertiary alicyclic amines) is 1. The number of hydrogen-bond donors (Lipinski definition) is 1. The molecule has 0 atom stereocenters. The van der Waals surface area contributed by atoms with Crippen LogP contribution in [0.2, 0.25) is 0 Å². The second-order valence-corrected chi connectivity index (χ2v) is 7.67. The van der Waals surface area contributed by atoms with Gasteiger partial charge in [-0.25, -0.2) is 4.79 Å². The van der Waals surface area contributed by atoms with E-state index in [1.54, 1.807) is 4.90 Å². The molecule has 1 saturated heterocycles. The van der Waals surface area contributed by atoms with E-state index in [4.69, 9.17) is 14.7 Å². The fraction of sp³-hybridized carbons (Fsp3) is 0.529. The topological polar surface area (TPSA) is 71.4 Å². The number of benzene rings is 1. The van der Waals surface area contributed by atoms with Crippen LogP contribution in [0.5, 0.6) is 5.75 Å². The summed E-state index contributed by atoms with van der Waals surface area (Å²) in [5, 5.41) is 11.7. The highest BCUT2D eigenvalue weighted by molar-refractivity contribution is 9.10. The Labute approximate surface area is 150 Å². The van der Waals surface area contributed by atoms with Crippen LogP contribution in [-0.2, 0) is 4.74 Å². The molecule has 0 bridgehead atoms. The van der Waals surface area contributed by atoms with Crippen molar-refractivity contribution < 1.29 is 19.5 Å². The highest BCUT2D eigenvalue weighted by Gasteiger charge is 2.27. The summed E-state index contributed by atoms with van der Waals surface area (Å²) >= 11 is 3.41. The van der Waals surface area contributed by atoms with Gasteiger partial charge in [-0.3, -0.25) is 0 Å². The van der Waals surface area contributed by atoms with Crippen LogP contribution in [0.3, 0.4) is 0 Å². The summed E-state index contributed by atoms with van der Waals surface area (Å²) in [6, 6.07) is 5.51. The predicted octanol–water partition coefficient (Wildman–Crippen LogP) is 4.04. The molecule has 1 aromatic rings. The predicted molar refractivity (Wildman–Crippen MR) is 95.0 cm³/mol. The average molecular weight is 399 g/mol. The first-order chi connectivity index (χ1) is 11.3. The van der Waals surface area contributed by atoms with Crippen LogP contribution in [0.25, 0.3) is 0 Å². The molecule has 1 N–H and O–H groups in total. The van der Waals surface area contributed by atoms with Crippen molar-refractivity contribution in [3.8, 4) is 5.75 Å². The van der Waals surface area contributed by atoms with Gasteiger partial charge in [0.25, 0.3) is 0 Å². The quantitative estimate of drug-likeness (QED) is 0.473. The number of carbonyl (C=O) groups excluding carboxylic acids is 1. The molecule has 132 valence electrons. The summed E-state index contributed by atoms with van der Waals surface area (Å²) in [6.07, 6.45) is 2.61. The smallest absolute Gasteiger partial charge is 0.410 e. The molecule has 1 fully saturated rings. The molecule has 0 aromatic heterocycles. The molecule has 7 heteroatoms. The lowest BCUT2D eigenvalue weighted by Gasteiger charge is -2.33. The summed E-state index contributed by atoms with van der Waals surface area (Å²) in [4.78, 5) is 13.8. The van der Waals surface area contributed by atoms with E-state index >= 15 is 0 Å². The van der Waals surface area contributed by atoms with Gasteiger partial charge in [0, 0.05) is 36.0 Å². The highest BCUT2D eigenvalue weighted by Crippen LogP contribution is 2.25. The molecule has 0 saturated carbocycles. The Hall–Kier alpha value is -1.76. The van der Waals surface area contributed by atoms with Gasteiger partial charge in [0.2, 0.25) is 0 Å². The van der Waals surface area contributed by atoms with E-state index < -0.39 is 5.60 Å². The molecular weight excluding hydrogens is 376 g/mol. The number of nitrogens with zero attached hydrogens (tertiary/aromatic N) is 2. The summed E-state index contributed by atoms with van der Waals surface area (Å²) in [5.41, 5.74) is 0.263. The molecule has 1 aromatic carbocycles. The van der Waals surface area contributed by atoms with Gasteiger partial charge in [0.15, 0.2) is 0 Å². The minimum absolute atomic E-state index is 0.0388. The third kappa shape index (κ3) is 5.70. The molecule has 1 heterocycles. The van der Waals surface area contributed by atoms with Gasteiger partial charge in [-0.05, 0) is 39.0 Å². The fourth-order valence-corrected chi connectivity index (χ4v) is 2.96. The van der Waals surface area contributed by atoms with Crippen molar-refractivity contribution in [3.63, 3.8) is 0 Å². The minimum Gasteiger partial charge on any atom is -0.490 e. The first-order valence-electron chi connectivity index (χ1n) is 7.89. The normalized spacial score (nSPS) is 16.4. The zero-order valence-electron chi connectivity index (χ0n) is 14.2. The fourth-order valence-electron chi connectivity index (χ4n) is 2.47. The lowest BCUT2D eigenvalue weighted by atomic mass is 10.1. The van der Waals surface area contributed by atoms with Crippen LogP contribution < -0.4 is 4.74 Å². The van der Waals surface area contributed by atoms with Crippen LogP contribution in [0, 0.1) is 0 Å². The van der Waals surface area contributed by atoms with Crippen LogP contribution in [-0.4, -0.2) is 47.2 Å². The van der Waals surface area contributed by atoms with Crippen LogP contribution in [0.4, 0.5) is 4.79 Å². The number of rotatable bonds is 3. The Morgan fingerprint density at radius 3 is 2.58 bits per heavy atom. The van der Waals surface area contributed by atoms with Gasteiger partial charge in [0.1, 0.15) is 17.5 Å². The van der Waals surface area contributed by atoms with Crippen LogP contribution >= 0.6 is 15.9 Å². The molecule has 2 rings (SSSR count). The van der Waals surface area contributed by atoms with E-state index in [0.29, 0.717) is 18.8 Å². The maximum Gasteiger partial charge on any atom is 0.410 e. The second-order valence-electron chi connectivity index (χ2n) is 6.75. The Morgan fingerprint density at radius 1 is 1.33 bits per heavy atom. The van der Waals surface area contributed by atoms with E-state index in [1.165, 1.54) is 6.21 Å². The Bertz CT molecular complexity index is 605. The molecular formula is C17H23BrN2O4. The van der Waals surface area contributed by atoms with Crippen molar-refractivity contribution in [2.75, 3.05) is 13.1 Å². The molecule has 0 radical (unpaired) electrons. The minimum atomic E-state index is -0.481. The summed E-state index contributed by atoms with van der Waals surface area (Å²) in [5.74, 6) is 0.704. The largest absolute Gasteiger partial charge is 0.490 e. The average Bonchev–Trinajstić information content (AvgIpc) is 2.46. The summed E-state index contributed by atoms with van der Waals surface area (Å²) in [7, 11) is 0. The maximum atomic E-state index is 12.1. The Balaban J connectivity index is 1.90. The number of piperidine rings is 1. The van der Waals surface area contributed by atoms with Gasteiger partial charge in [-0.2, -0.15) is 0 Å². The lowest BCUT2D eigenvalue weighted by molar-refractivity contribution is 0.0126. The second kappa shape index (κ2) is 7.88. The van der Waals surface area contributed by atoms with E-state index in [0.717, 1.165) is 22.9 Å². The van der Waals surface area contributed by atoms with Gasteiger partial charge in [0.05, 0.1) is 6.21 Å². The van der Waals surface area contributed by atoms with Gasteiger partial charge >= 0.3 is 6.09 Å². The number of ether oxygens (including phenoxy) is 2. The number of halogens is 1. The van der Waals surface area contributed by atoms with Crippen molar-refractivity contribution in [2.24, 2.45) is 5.16 Å². The van der Waals surface area contributed by atoms with Crippen LogP contribution in [0.15, 0.2) is 27.8 Å². The lowest BCUT2D eigenvalue weighted by Crippen LogP contribution is -2.44. The zero-order valence-corrected chi connectivity index (χ0v) is 15.7. The molecule has 0 spiro atoms. The van der Waals surface area contributed by atoms with Gasteiger partial charge < -0.3 is 19.6 Å². The van der Waals surface area contributed by atoms with Gasteiger partial charge in [-0.15, -0.1) is 0 Å². The van der Waals surface area contributed by atoms with Crippen molar-refractivity contribution >= 4 is 28.2 Å². The Kier molecular flexibility index (Phi) is 6.10. The zero-order chi connectivity index (χ0) is 17.7. The first-order valence-corrected chi connectivity index (χ1v) is 8.69. The van der Waals surface area contributed by atoms with E-state index in [2.05, 4.69) is 21.1 Å². The number of carbonyl (C=O) groups is 1. The maximum absolute atomic E-state index is 12.1. The first kappa shape index (κ1) is 18.6. The Morgan fingerprint density at radius 2 is 2.00 bits per heavy atom. The van der Waals surface area contributed by atoms with E-state index in [9.17, 15) is 4.79 Å². The molecule has 1 amide bonds. The number of amides is 1. The molecule has 1 aliphatic heterocycles. The van der Waals surface area contributed by atoms with Crippen molar-refractivity contribution in [2.45, 2.75) is 45.3 Å². The molecule has 0 aliphatic carbocycles. The number of oxime groups is 1. The highest BCUT2D eigenvalue weighted by atomic mass is 79.9. The standard InChI is InChI=1S/C17H23BrN2O4/c1-17(2,3)24-16(21)20-6-4-14(5-7-20)23-15-9-12(11-19-22)8-13(18)10-15/h8-11,14,22H,4-7H2,1-3H3. The molecule has 0 unspecified atom stereocenters. The van der Waals surface area contributed by atoms with Gasteiger partial charge in [-0.1, -0.05) is 21.1 Å². The number of hydrogen-bond acceptors (Lipinski definition) is 5. The molecule has 24 heavy (non-hydrogen) atoms. The summed E-state index contributed by atoms with van der Waals surface area (Å²) < 4.78 is 12.2. The van der Waals surface area contributed by atoms with Crippen molar-refractivity contribution in [1.29, 1.82) is 0 Å². The van der Waals surface area contributed by atoms with Crippen molar-refractivity contribution in [3.05, 3.63) is 28.2 Å². The van der Waals surface area contributed by atoms with E-state index in [1.807, 2.05) is 39.0 Å². The monoisotopic (exact) mass is 398 g/mol. The third-order valence-electron chi connectivity index (χ3n) is 3.50. The molecule has 1 aliphatic rings. The van der Waals surface area contributed by atoms with Crippen molar-refractivity contribution in [1.82, 2.24) is 4.90 Å². The third-order valence-corrected chi connectivity index (χ3v) is 3.95. The van der Waals surface area contributed by atoms with Crippen LogP contribution in [0.1, 0.15) is 39.2 Å². The SMILES string of the molecule is CC(C)(C)OC(=O)N1CCC(Oc2cc(Br)cc(C=NO)c2)CC1. The molecule has 6 nitrogen and oxygen atoms in total. The van der Waals surface area contributed by atoms with E-state index in [-0.39, 0.29) is 12.2 Å². The summed E-state index contributed by atoms with van der Waals surface area (Å²) in [6.45, 7) is 6.81.